The van der Waals surface area contributed by atoms with E-state index in [4.69, 9.17) is 0 Å². The van der Waals surface area contributed by atoms with Crippen molar-refractivity contribution in [2.45, 2.75) is 20.3 Å². The van der Waals surface area contributed by atoms with Crippen LogP contribution in [0.2, 0.25) is 0 Å². The Morgan fingerprint density at radius 3 is 3.00 bits per heavy atom. The summed E-state index contributed by atoms with van der Waals surface area (Å²) in [5.41, 5.74) is 2.49. The lowest BCUT2D eigenvalue weighted by molar-refractivity contribution is -0.122. The number of carbonyl (C=O) groups excluding carboxylic acids is 1. The zero-order chi connectivity index (χ0) is 10.3. The van der Waals surface area contributed by atoms with Gasteiger partial charge in [-0.15, -0.1) is 0 Å². The number of rotatable bonds is 1. The second kappa shape index (κ2) is 3.15. The highest BCUT2D eigenvalue weighted by Crippen LogP contribution is 2.31. The van der Waals surface area contributed by atoms with Crippen molar-refractivity contribution in [1.29, 1.82) is 0 Å². The number of allylic oxidation sites excluding steroid dienone is 1. The van der Waals surface area contributed by atoms with Gasteiger partial charge in [-0.05, 0) is 13.3 Å². The summed E-state index contributed by atoms with van der Waals surface area (Å²) >= 11 is 0. The van der Waals surface area contributed by atoms with Crippen LogP contribution >= 0.6 is 0 Å². The Kier molecular flexibility index (Phi) is 2.10. The van der Waals surface area contributed by atoms with E-state index in [1.165, 1.54) is 11.1 Å². The van der Waals surface area contributed by atoms with Crippen molar-refractivity contribution in [2.75, 3.05) is 13.6 Å². The normalized spacial score (nSPS) is 26.2. The molecular weight excluding hydrogens is 176 g/mol. The van der Waals surface area contributed by atoms with E-state index in [0.29, 0.717) is 0 Å². The highest BCUT2D eigenvalue weighted by atomic mass is 16.2. The van der Waals surface area contributed by atoms with Crippen LogP contribution in [0.1, 0.15) is 20.3 Å². The first-order valence-electron chi connectivity index (χ1n) is 5.06. The lowest BCUT2D eigenvalue weighted by atomic mass is 9.95. The minimum atomic E-state index is 0.0581. The van der Waals surface area contributed by atoms with Crippen LogP contribution in [0, 0.1) is 5.92 Å². The minimum absolute atomic E-state index is 0.0581. The molecule has 2 rings (SSSR count). The molecule has 2 aliphatic rings. The van der Waals surface area contributed by atoms with Gasteiger partial charge in [-0.1, -0.05) is 18.6 Å². The van der Waals surface area contributed by atoms with Crippen molar-refractivity contribution in [1.82, 2.24) is 10.2 Å². The molecule has 0 saturated carbocycles. The molecule has 76 valence electrons. The van der Waals surface area contributed by atoms with Gasteiger partial charge in [-0.3, -0.25) is 4.79 Å². The number of hydrogen-bond acceptors (Lipinski definition) is 2. The van der Waals surface area contributed by atoms with Crippen LogP contribution in [-0.2, 0) is 4.79 Å². The Hall–Kier alpha value is -1.25. The molecule has 2 heterocycles. The molecule has 0 aromatic rings. The van der Waals surface area contributed by atoms with Gasteiger partial charge in [0, 0.05) is 19.2 Å². The van der Waals surface area contributed by atoms with Crippen LogP contribution in [-0.4, -0.2) is 24.4 Å². The standard InChI is InChI=1S/C11H16N2O/c1-4-8-9-5-7(2)6-13(3)10(9)12-11(8)14/h5,8H,4,6H2,1-3H3,(H,12,14). The molecule has 2 aliphatic heterocycles. The molecule has 0 saturated heterocycles. The smallest absolute Gasteiger partial charge is 0.233 e. The summed E-state index contributed by atoms with van der Waals surface area (Å²) in [5.74, 6) is 1.21. The van der Waals surface area contributed by atoms with E-state index in [9.17, 15) is 4.79 Å². The van der Waals surface area contributed by atoms with Crippen LogP contribution in [0.25, 0.3) is 0 Å². The molecule has 0 aromatic carbocycles. The third kappa shape index (κ3) is 1.24. The van der Waals surface area contributed by atoms with Crippen molar-refractivity contribution in [3.05, 3.63) is 23.0 Å². The topological polar surface area (TPSA) is 32.3 Å². The first kappa shape index (κ1) is 9.31. The Morgan fingerprint density at radius 1 is 1.64 bits per heavy atom. The van der Waals surface area contributed by atoms with Gasteiger partial charge >= 0.3 is 0 Å². The number of likely N-dealkylation sites (N-methyl/N-ethyl adjacent to an activating group) is 1. The molecule has 14 heavy (non-hydrogen) atoms. The molecule has 0 radical (unpaired) electrons. The van der Waals surface area contributed by atoms with E-state index < -0.39 is 0 Å². The predicted molar refractivity (Wildman–Crippen MR) is 55.3 cm³/mol. The summed E-state index contributed by atoms with van der Waals surface area (Å²) in [5, 5.41) is 2.95. The van der Waals surface area contributed by atoms with Crippen molar-refractivity contribution < 1.29 is 4.79 Å². The first-order valence-corrected chi connectivity index (χ1v) is 5.06. The molecule has 0 bridgehead atoms. The minimum Gasteiger partial charge on any atom is -0.357 e. The van der Waals surface area contributed by atoms with Crippen molar-refractivity contribution in [2.24, 2.45) is 5.92 Å². The van der Waals surface area contributed by atoms with Crippen LogP contribution in [0.5, 0.6) is 0 Å². The fourth-order valence-electron chi connectivity index (χ4n) is 2.24. The highest BCUT2D eigenvalue weighted by molar-refractivity contribution is 5.88. The first-order chi connectivity index (χ1) is 6.63. The zero-order valence-electron chi connectivity index (χ0n) is 8.92. The third-order valence-electron chi connectivity index (χ3n) is 2.89. The fraction of sp³-hybridized carbons (Fsp3) is 0.545. The van der Waals surface area contributed by atoms with Gasteiger partial charge in [0.25, 0.3) is 0 Å². The molecule has 0 spiro atoms. The maximum atomic E-state index is 11.6. The van der Waals surface area contributed by atoms with Gasteiger partial charge in [0.15, 0.2) is 0 Å². The number of amides is 1. The van der Waals surface area contributed by atoms with Crippen molar-refractivity contribution in [3.63, 3.8) is 0 Å². The number of nitrogens with zero attached hydrogens (tertiary/aromatic N) is 1. The van der Waals surface area contributed by atoms with E-state index in [1.54, 1.807) is 0 Å². The van der Waals surface area contributed by atoms with E-state index in [-0.39, 0.29) is 11.8 Å². The van der Waals surface area contributed by atoms with Crippen LogP contribution in [0.15, 0.2) is 23.0 Å². The number of hydrogen-bond donors (Lipinski definition) is 1. The lowest BCUT2D eigenvalue weighted by Crippen LogP contribution is -2.31. The van der Waals surface area contributed by atoms with Crippen LogP contribution in [0.3, 0.4) is 0 Å². The Bertz CT molecular complexity index is 341. The summed E-state index contributed by atoms with van der Waals surface area (Å²) in [6.45, 7) is 5.07. The van der Waals surface area contributed by atoms with E-state index in [1.807, 2.05) is 7.05 Å². The molecule has 0 aromatic heterocycles. The molecule has 1 N–H and O–H groups in total. The van der Waals surface area contributed by atoms with E-state index in [2.05, 4.69) is 30.1 Å². The SMILES string of the molecule is CCC1C(=O)NC2=C1C=C(C)CN2C. The molecule has 0 aliphatic carbocycles. The second-order valence-corrected chi connectivity index (χ2v) is 4.10. The van der Waals surface area contributed by atoms with Crippen LogP contribution in [0.4, 0.5) is 0 Å². The molecule has 1 unspecified atom stereocenters. The summed E-state index contributed by atoms with van der Waals surface area (Å²) < 4.78 is 0. The quantitative estimate of drug-likeness (QED) is 0.678. The monoisotopic (exact) mass is 192 g/mol. The predicted octanol–water partition coefficient (Wildman–Crippen LogP) is 1.25. The molecule has 1 amide bonds. The van der Waals surface area contributed by atoms with Crippen LogP contribution < -0.4 is 5.32 Å². The summed E-state index contributed by atoms with van der Waals surface area (Å²) in [4.78, 5) is 13.7. The van der Waals surface area contributed by atoms with Crippen molar-refractivity contribution >= 4 is 5.91 Å². The highest BCUT2D eigenvalue weighted by Gasteiger charge is 2.33. The lowest BCUT2D eigenvalue weighted by Gasteiger charge is -2.25. The van der Waals surface area contributed by atoms with Gasteiger partial charge in [-0.2, -0.15) is 0 Å². The largest absolute Gasteiger partial charge is 0.357 e. The molecule has 3 nitrogen and oxygen atoms in total. The van der Waals surface area contributed by atoms with Gasteiger partial charge in [0.05, 0.1) is 5.92 Å². The third-order valence-corrected chi connectivity index (χ3v) is 2.89. The van der Waals surface area contributed by atoms with Crippen molar-refractivity contribution in [3.8, 4) is 0 Å². The average Bonchev–Trinajstić information content (AvgIpc) is 2.41. The fourth-order valence-corrected chi connectivity index (χ4v) is 2.24. The summed E-state index contributed by atoms with van der Waals surface area (Å²) in [7, 11) is 2.02. The Morgan fingerprint density at radius 2 is 2.36 bits per heavy atom. The Balaban J connectivity index is 2.40. The average molecular weight is 192 g/mol. The number of nitrogens with one attached hydrogen (secondary N) is 1. The maximum absolute atomic E-state index is 11.6. The maximum Gasteiger partial charge on any atom is 0.233 e. The van der Waals surface area contributed by atoms with Gasteiger partial charge in [-0.25, -0.2) is 0 Å². The van der Waals surface area contributed by atoms with Gasteiger partial charge in [0.2, 0.25) is 5.91 Å². The molecule has 0 fully saturated rings. The zero-order valence-corrected chi connectivity index (χ0v) is 8.92. The molecule has 1 atom stereocenters. The van der Waals surface area contributed by atoms with Gasteiger partial charge in [0.1, 0.15) is 5.82 Å². The van der Waals surface area contributed by atoms with Gasteiger partial charge < -0.3 is 10.2 Å². The Labute approximate surface area is 84.5 Å². The molecule has 3 heteroatoms. The van der Waals surface area contributed by atoms with E-state index >= 15 is 0 Å². The number of carbonyl (C=O) groups is 1. The molecular formula is C11H16N2O. The summed E-state index contributed by atoms with van der Waals surface area (Å²) in [6, 6.07) is 0. The van der Waals surface area contributed by atoms with E-state index in [0.717, 1.165) is 18.8 Å². The summed E-state index contributed by atoms with van der Waals surface area (Å²) in [6.07, 6.45) is 3.03. The second-order valence-electron chi connectivity index (χ2n) is 4.10.